The van der Waals surface area contributed by atoms with Gasteiger partial charge in [0.05, 0.1) is 27.2 Å². The highest BCUT2D eigenvalue weighted by molar-refractivity contribution is 9.10. The lowest BCUT2D eigenvalue weighted by molar-refractivity contribution is 0.249. The Morgan fingerprint density at radius 1 is 1.03 bits per heavy atom. The third-order valence-electron chi connectivity index (χ3n) is 5.08. The number of thiophene rings is 2. The molecule has 1 aromatic carbocycles. The van der Waals surface area contributed by atoms with Crippen molar-refractivity contribution in [1.29, 1.82) is 0 Å². The van der Waals surface area contributed by atoms with Crippen molar-refractivity contribution in [2.24, 2.45) is 0 Å². The summed E-state index contributed by atoms with van der Waals surface area (Å²) >= 11 is 6.69. The number of nitrogens with one attached hydrogen (secondary N) is 2. The Balaban J connectivity index is 1.59. The zero-order valence-corrected chi connectivity index (χ0v) is 21.5. The third kappa shape index (κ3) is 5.76. The number of halogens is 1. The SMILES string of the molecule is C=C(C)C(Cc1nc(-c2cccs2)c(-c2cccs2)nc1C)NC(=O)Nc1ccc(Br)cc1. The molecule has 0 spiro atoms. The van der Waals surface area contributed by atoms with Crippen LogP contribution in [-0.2, 0) is 6.42 Å². The van der Waals surface area contributed by atoms with Crippen molar-refractivity contribution in [2.75, 3.05) is 5.32 Å². The molecule has 0 bridgehead atoms. The van der Waals surface area contributed by atoms with Crippen LogP contribution in [0.2, 0.25) is 0 Å². The second-order valence-corrected chi connectivity index (χ2v) is 10.4. The van der Waals surface area contributed by atoms with Crippen LogP contribution in [-0.4, -0.2) is 22.0 Å². The van der Waals surface area contributed by atoms with Crippen LogP contribution >= 0.6 is 38.6 Å². The topological polar surface area (TPSA) is 66.9 Å². The lowest BCUT2D eigenvalue weighted by Gasteiger charge is -2.20. The highest BCUT2D eigenvalue weighted by atomic mass is 79.9. The van der Waals surface area contributed by atoms with E-state index in [-0.39, 0.29) is 12.1 Å². The maximum atomic E-state index is 12.6. The number of aromatic nitrogens is 2. The van der Waals surface area contributed by atoms with Crippen molar-refractivity contribution < 1.29 is 4.79 Å². The van der Waals surface area contributed by atoms with Gasteiger partial charge in [-0.3, -0.25) is 0 Å². The minimum Gasteiger partial charge on any atom is -0.331 e. The number of rotatable bonds is 7. The molecule has 33 heavy (non-hydrogen) atoms. The largest absolute Gasteiger partial charge is 0.331 e. The molecule has 0 fully saturated rings. The molecular formula is C25H23BrN4OS2. The van der Waals surface area contributed by atoms with Crippen LogP contribution in [0.3, 0.4) is 0 Å². The molecule has 5 nitrogen and oxygen atoms in total. The minimum absolute atomic E-state index is 0.280. The summed E-state index contributed by atoms with van der Waals surface area (Å²) in [7, 11) is 0. The van der Waals surface area contributed by atoms with Gasteiger partial charge in [0.1, 0.15) is 11.4 Å². The molecule has 0 saturated heterocycles. The number of benzene rings is 1. The van der Waals surface area contributed by atoms with Gasteiger partial charge in [0, 0.05) is 16.6 Å². The van der Waals surface area contributed by atoms with E-state index in [4.69, 9.17) is 9.97 Å². The Morgan fingerprint density at radius 3 is 2.18 bits per heavy atom. The second kappa shape index (κ2) is 10.4. The normalized spacial score (nSPS) is 11.7. The van der Waals surface area contributed by atoms with Gasteiger partial charge in [0.15, 0.2) is 0 Å². The Hall–Kier alpha value is -2.81. The average molecular weight is 540 g/mol. The third-order valence-corrected chi connectivity index (χ3v) is 7.36. The van der Waals surface area contributed by atoms with Crippen LogP contribution in [0.15, 0.2) is 75.9 Å². The smallest absolute Gasteiger partial charge is 0.319 e. The number of aryl methyl sites for hydroxylation is 1. The first-order valence-electron chi connectivity index (χ1n) is 10.3. The van der Waals surface area contributed by atoms with Crippen LogP contribution in [0.5, 0.6) is 0 Å². The number of anilines is 1. The van der Waals surface area contributed by atoms with Crippen LogP contribution in [0.4, 0.5) is 10.5 Å². The van der Waals surface area contributed by atoms with Gasteiger partial charge in [-0.25, -0.2) is 14.8 Å². The quantitative estimate of drug-likeness (QED) is 0.242. The Kier molecular flexibility index (Phi) is 7.37. The molecule has 0 saturated carbocycles. The number of hydrogen-bond acceptors (Lipinski definition) is 5. The molecule has 1 atom stereocenters. The molecule has 1 unspecified atom stereocenters. The van der Waals surface area contributed by atoms with E-state index in [1.165, 1.54) is 0 Å². The lowest BCUT2D eigenvalue weighted by Crippen LogP contribution is -2.40. The Bertz CT molecular complexity index is 1250. The molecule has 2 amide bonds. The van der Waals surface area contributed by atoms with Crippen molar-refractivity contribution in [1.82, 2.24) is 15.3 Å². The fourth-order valence-corrected chi connectivity index (χ4v) is 5.01. The van der Waals surface area contributed by atoms with Crippen LogP contribution in [0, 0.1) is 6.92 Å². The van der Waals surface area contributed by atoms with E-state index in [2.05, 4.69) is 45.3 Å². The predicted molar refractivity (Wildman–Crippen MR) is 142 cm³/mol. The molecule has 2 N–H and O–H groups in total. The van der Waals surface area contributed by atoms with E-state index in [0.29, 0.717) is 12.1 Å². The number of carbonyl (C=O) groups excluding carboxylic acids is 1. The number of amides is 2. The van der Waals surface area contributed by atoms with Gasteiger partial charge < -0.3 is 10.6 Å². The number of nitrogens with zero attached hydrogens (tertiary/aromatic N) is 2. The first-order chi connectivity index (χ1) is 15.9. The monoisotopic (exact) mass is 538 g/mol. The van der Waals surface area contributed by atoms with Gasteiger partial charge in [-0.2, -0.15) is 0 Å². The molecule has 3 aromatic heterocycles. The fraction of sp³-hybridized carbons (Fsp3) is 0.160. The van der Waals surface area contributed by atoms with Gasteiger partial charge in [-0.15, -0.1) is 22.7 Å². The zero-order chi connectivity index (χ0) is 23.4. The lowest BCUT2D eigenvalue weighted by atomic mass is 10.0. The van der Waals surface area contributed by atoms with Crippen LogP contribution < -0.4 is 10.6 Å². The molecule has 8 heteroatoms. The fourth-order valence-electron chi connectivity index (χ4n) is 3.32. The van der Waals surface area contributed by atoms with Crippen LogP contribution in [0.1, 0.15) is 18.3 Å². The van der Waals surface area contributed by atoms with E-state index < -0.39 is 0 Å². The van der Waals surface area contributed by atoms with Gasteiger partial charge in [0.25, 0.3) is 0 Å². The van der Waals surface area contributed by atoms with Gasteiger partial charge >= 0.3 is 6.03 Å². The van der Waals surface area contributed by atoms with Gasteiger partial charge in [-0.1, -0.05) is 40.2 Å². The zero-order valence-electron chi connectivity index (χ0n) is 18.3. The molecule has 0 aliphatic rings. The Labute approximate surface area is 209 Å². The Morgan fingerprint density at radius 2 is 1.64 bits per heavy atom. The molecule has 168 valence electrons. The summed E-state index contributed by atoms with van der Waals surface area (Å²) in [6.07, 6.45) is 0.505. The van der Waals surface area contributed by atoms with Crippen molar-refractivity contribution in [3.63, 3.8) is 0 Å². The van der Waals surface area contributed by atoms with Gasteiger partial charge in [0.2, 0.25) is 0 Å². The standard InChI is InChI=1S/C25H23BrN4OS2/c1-15(2)19(30-25(31)28-18-10-8-17(26)9-11-18)14-20-16(3)27-23(21-6-4-12-32-21)24(29-20)22-7-5-13-33-22/h4-13,19H,1,14H2,2-3H3,(H2,28,30,31). The second-order valence-electron chi connectivity index (χ2n) is 7.62. The van der Waals surface area contributed by atoms with Crippen LogP contribution in [0.25, 0.3) is 21.1 Å². The summed E-state index contributed by atoms with van der Waals surface area (Å²) in [5.74, 6) is 0. The highest BCUT2D eigenvalue weighted by Crippen LogP contribution is 2.35. The number of hydrogen-bond donors (Lipinski definition) is 2. The summed E-state index contributed by atoms with van der Waals surface area (Å²) < 4.78 is 0.954. The van der Waals surface area contributed by atoms with Crippen molar-refractivity contribution >= 4 is 50.3 Å². The summed E-state index contributed by atoms with van der Waals surface area (Å²) in [6.45, 7) is 7.97. The maximum absolute atomic E-state index is 12.6. The first-order valence-corrected chi connectivity index (χ1v) is 12.9. The molecule has 0 radical (unpaired) electrons. The van der Waals surface area contributed by atoms with E-state index >= 15 is 0 Å². The van der Waals surface area contributed by atoms with E-state index in [1.54, 1.807) is 22.7 Å². The molecule has 4 rings (SSSR count). The highest BCUT2D eigenvalue weighted by Gasteiger charge is 2.20. The van der Waals surface area contributed by atoms with E-state index in [0.717, 1.165) is 42.6 Å². The summed E-state index contributed by atoms with van der Waals surface area (Å²) in [5.41, 5.74) is 5.01. The van der Waals surface area contributed by atoms with Crippen molar-refractivity contribution in [3.05, 3.63) is 87.3 Å². The maximum Gasteiger partial charge on any atom is 0.319 e. The predicted octanol–water partition coefficient (Wildman–Crippen LogP) is 7.31. The molecule has 0 aliphatic carbocycles. The minimum atomic E-state index is -0.287. The van der Waals surface area contributed by atoms with Crippen molar-refractivity contribution in [3.8, 4) is 21.1 Å². The summed E-state index contributed by atoms with van der Waals surface area (Å²) in [4.78, 5) is 24.8. The summed E-state index contributed by atoms with van der Waals surface area (Å²) in [5, 5.41) is 9.98. The average Bonchev–Trinajstić information content (AvgIpc) is 3.50. The first kappa shape index (κ1) is 23.4. The van der Waals surface area contributed by atoms with E-state index in [9.17, 15) is 4.79 Å². The molecule has 3 heterocycles. The molecular weight excluding hydrogens is 516 g/mol. The van der Waals surface area contributed by atoms with E-state index in [1.807, 2.05) is 61.0 Å². The molecule has 0 aliphatic heterocycles. The molecule has 4 aromatic rings. The van der Waals surface area contributed by atoms with Gasteiger partial charge in [-0.05, 0) is 61.0 Å². The number of carbonyl (C=O) groups is 1. The summed E-state index contributed by atoms with van der Waals surface area (Å²) in [6, 6.07) is 15.0. The van der Waals surface area contributed by atoms with Crippen molar-refractivity contribution in [2.45, 2.75) is 26.3 Å². The number of urea groups is 1.